The molecule has 0 bridgehead atoms. The number of fused-ring (bicyclic) bond motifs is 1. The zero-order valence-corrected chi connectivity index (χ0v) is 8.70. The van der Waals surface area contributed by atoms with Crippen LogP contribution in [0.4, 0.5) is 5.82 Å². The van der Waals surface area contributed by atoms with E-state index in [4.69, 9.17) is 0 Å². The second-order valence-electron chi connectivity index (χ2n) is 3.31. The van der Waals surface area contributed by atoms with Gasteiger partial charge in [0.25, 0.3) is 0 Å². The number of nitrogens with zero attached hydrogens (tertiary/aromatic N) is 2. The Kier molecular flexibility index (Phi) is 3.09. The third-order valence-corrected chi connectivity index (χ3v) is 2.24. The fourth-order valence-electron chi connectivity index (χ4n) is 1.46. The van der Waals surface area contributed by atoms with Crippen LogP contribution >= 0.6 is 0 Å². The second kappa shape index (κ2) is 4.70. The van der Waals surface area contributed by atoms with Crippen molar-refractivity contribution < 1.29 is 0 Å². The van der Waals surface area contributed by atoms with Gasteiger partial charge in [-0.05, 0) is 7.05 Å². The van der Waals surface area contributed by atoms with Gasteiger partial charge in [0, 0.05) is 23.9 Å². The number of benzene rings is 1. The molecular formula is C11H14N4. The highest BCUT2D eigenvalue weighted by Gasteiger charge is 2.00. The van der Waals surface area contributed by atoms with Crippen molar-refractivity contribution in [3.05, 3.63) is 30.5 Å². The molecule has 78 valence electrons. The number of aromatic nitrogens is 2. The van der Waals surface area contributed by atoms with Gasteiger partial charge in [-0.2, -0.15) is 5.10 Å². The lowest BCUT2D eigenvalue weighted by atomic mass is 10.2. The average Bonchev–Trinajstić information content (AvgIpc) is 2.30. The van der Waals surface area contributed by atoms with Crippen molar-refractivity contribution in [2.75, 3.05) is 25.5 Å². The van der Waals surface area contributed by atoms with E-state index in [1.807, 2.05) is 31.3 Å². The number of hydrogen-bond donors (Lipinski definition) is 2. The average molecular weight is 202 g/mol. The first kappa shape index (κ1) is 9.86. The fraction of sp³-hybridized carbons (Fsp3) is 0.273. The summed E-state index contributed by atoms with van der Waals surface area (Å²) in [5.74, 6) is 0.850. The van der Waals surface area contributed by atoms with Crippen molar-refractivity contribution in [3.63, 3.8) is 0 Å². The van der Waals surface area contributed by atoms with Crippen molar-refractivity contribution in [2.24, 2.45) is 0 Å². The van der Waals surface area contributed by atoms with Gasteiger partial charge < -0.3 is 10.6 Å². The molecule has 2 N–H and O–H groups in total. The van der Waals surface area contributed by atoms with Gasteiger partial charge in [0.2, 0.25) is 0 Å². The monoisotopic (exact) mass is 202 g/mol. The largest absolute Gasteiger partial charge is 0.367 e. The minimum atomic E-state index is 0.846. The highest BCUT2D eigenvalue weighted by atomic mass is 15.2. The summed E-state index contributed by atoms with van der Waals surface area (Å²) in [5.41, 5.74) is 0. The summed E-state index contributed by atoms with van der Waals surface area (Å²) in [7, 11) is 1.93. The van der Waals surface area contributed by atoms with E-state index in [2.05, 4.69) is 20.8 Å². The molecule has 2 aromatic rings. The normalized spacial score (nSPS) is 10.5. The van der Waals surface area contributed by atoms with Crippen LogP contribution in [0.1, 0.15) is 0 Å². The molecule has 0 radical (unpaired) electrons. The maximum Gasteiger partial charge on any atom is 0.156 e. The number of nitrogens with one attached hydrogen (secondary N) is 2. The fourth-order valence-corrected chi connectivity index (χ4v) is 1.46. The second-order valence-corrected chi connectivity index (χ2v) is 3.31. The van der Waals surface area contributed by atoms with E-state index >= 15 is 0 Å². The van der Waals surface area contributed by atoms with Crippen LogP contribution in [0.5, 0.6) is 0 Å². The molecule has 4 nitrogen and oxygen atoms in total. The third-order valence-electron chi connectivity index (χ3n) is 2.24. The SMILES string of the molecule is CNCCNc1nncc2ccccc12. The standard InChI is InChI=1S/C11H14N4/c1-12-6-7-13-11-10-5-3-2-4-9(10)8-14-15-11/h2-5,8,12H,6-7H2,1H3,(H,13,15). The van der Waals surface area contributed by atoms with Gasteiger partial charge in [-0.3, -0.25) is 0 Å². The zero-order chi connectivity index (χ0) is 10.5. The van der Waals surface area contributed by atoms with Crippen molar-refractivity contribution in [3.8, 4) is 0 Å². The van der Waals surface area contributed by atoms with Crippen molar-refractivity contribution in [2.45, 2.75) is 0 Å². The minimum Gasteiger partial charge on any atom is -0.367 e. The van der Waals surface area contributed by atoms with Crippen molar-refractivity contribution >= 4 is 16.6 Å². The molecule has 0 fully saturated rings. The van der Waals surface area contributed by atoms with E-state index in [0.717, 1.165) is 29.7 Å². The first-order valence-corrected chi connectivity index (χ1v) is 5.00. The van der Waals surface area contributed by atoms with Gasteiger partial charge in [-0.15, -0.1) is 5.10 Å². The molecule has 0 saturated carbocycles. The Morgan fingerprint density at radius 2 is 2.07 bits per heavy atom. The summed E-state index contributed by atoms with van der Waals surface area (Å²) >= 11 is 0. The Labute approximate surface area is 88.7 Å². The van der Waals surface area contributed by atoms with Crippen LogP contribution in [0.3, 0.4) is 0 Å². The van der Waals surface area contributed by atoms with Crippen LogP contribution in [0.15, 0.2) is 30.5 Å². The van der Waals surface area contributed by atoms with E-state index in [1.165, 1.54) is 0 Å². The number of anilines is 1. The van der Waals surface area contributed by atoms with Crippen LogP contribution in [0.25, 0.3) is 10.8 Å². The summed E-state index contributed by atoms with van der Waals surface area (Å²) in [5, 5.41) is 16.6. The molecule has 4 heteroatoms. The predicted octanol–water partition coefficient (Wildman–Crippen LogP) is 1.26. The van der Waals surface area contributed by atoms with E-state index in [0.29, 0.717) is 0 Å². The van der Waals surface area contributed by atoms with Gasteiger partial charge in [0.05, 0.1) is 6.20 Å². The Hall–Kier alpha value is -1.68. The third kappa shape index (κ3) is 2.22. The Morgan fingerprint density at radius 3 is 2.93 bits per heavy atom. The van der Waals surface area contributed by atoms with Crippen LogP contribution in [-0.2, 0) is 0 Å². The number of likely N-dealkylation sites (N-methyl/N-ethyl adjacent to an activating group) is 1. The Balaban J connectivity index is 2.26. The Bertz CT molecular complexity index is 436. The summed E-state index contributed by atoms with van der Waals surface area (Å²) in [6.07, 6.45) is 1.78. The van der Waals surface area contributed by atoms with Crippen molar-refractivity contribution in [1.29, 1.82) is 0 Å². The summed E-state index contributed by atoms with van der Waals surface area (Å²) in [6.45, 7) is 1.75. The van der Waals surface area contributed by atoms with Crippen LogP contribution in [0, 0.1) is 0 Å². The topological polar surface area (TPSA) is 49.8 Å². The molecule has 1 heterocycles. The van der Waals surface area contributed by atoms with Crippen LogP contribution in [-0.4, -0.2) is 30.3 Å². The molecule has 0 unspecified atom stereocenters. The highest BCUT2D eigenvalue weighted by molar-refractivity contribution is 5.90. The molecule has 0 aliphatic rings. The quantitative estimate of drug-likeness (QED) is 0.733. The zero-order valence-electron chi connectivity index (χ0n) is 8.70. The maximum absolute atomic E-state index is 4.09. The van der Waals surface area contributed by atoms with Crippen molar-refractivity contribution in [1.82, 2.24) is 15.5 Å². The highest BCUT2D eigenvalue weighted by Crippen LogP contribution is 2.18. The molecule has 0 aliphatic heterocycles. The van der Waals surface area contributed by atoms with Gasteiger partial charge in [0.15, 0.2) is 5.82 Å². The molecule has 1 aromatic carbocycles. The van der Waals surface area contributed by atoms with E-state index in [1.54, 1.807) is 6.20 Å². The molecule has 0 amide bonds. The maximum atomic E-state index is 4.09. The number of rotatable bonds is 4. The summed E-state index contributed by atoms with van der Waals surface area (Å²) in [4.78, 5) is 0. The molecule has 0 atom stereocenters. The lowest BCUT2D eigenvalue weighted by molar-refractivity contribution is 0.819. The van der Waals surface area contributed by atoms with Gasteiger partial charge >= 0.3 is 0 Å². The lowest BCUT2D eigenvalue weighted by Gasteiger charge is -2.06. The first-order valence-electron chi connectivity index (χ1n) is 5.00. The Morgan fingerprint density at radius 1 is 1.20 bits per heavy atom. The molecule has 1 aromatic heterocycles. The molecular weight excluding hydrogens is 188 g/mol. The molecule has 0 saturated heterocycles. The van der Waals surface area contributed by atoms with E-state index in [-0.39, 0.29) is 0 Å². The van der Waals surface area contributed by atoms with Gasteiger partial charge in [-0.25, -0.2) is 0 Å². The van der Waals surface area contributed by atoms with Crippen LogP contribution < -0.4 is 10.6 Å². The summed E-state index contributed by atoms with van der Waals surface area (Å²) in [6, 6.07) is 8.09. The smallest absolute Gasteiger partial charge is 0.156 e. The minimum absolute atomic E-state index is 0.846. The number of hydrogen-bond acceptors (Lipinski definition) is 4. The van der Waals surface area contributed by atoms with Gasteiger partial charge in [-0.1, -0.05) is 24.3 Å². The van der Waals surface area contributed by atoms with E-state index in [9.17, 15) is 0 Å². The molecule has 2 rings (SSSR count). The molecule has 15 heavy (non-hydrogen) atoms. The van der Waals surface area contributed by atoms with Gasteiger partial charge in [0.1, 0.15) is 0 Å². The lowest BCUT2D eigenvalue weighted by Crippen LogP contribution is -2.18. The summed E-state index contributed by atoms with van der Waals surface area (Å²) < 4.78 is 0. The van der Waals surface area contributed by atoms with Crippen LogP contribution in [0.2, 0.25) is 0 Å². The first-order chi connectivity index (χ1) is 7.42. The van der Waals surface area contributed by atoms with E-state index < -0.39 is 0 Å². The molecule has 0 aliphatic carbocycles. The predicted molar refractivity (Wildman–Crippen MR) is 62.0 cm³/mol. The molecule has 0 spiro atoms.